The summed E-state index contributed by atoms with van der Waals surface area (Å²) in [4.78, 5) is 1.94. The van der Waals surface area contributed by atoms with Crippen LogP contribution in [-0.4, -0.2) is 50.5 Å². The molecule has 4 nitrogen and oxygen atoms in total. The van der Waals surface area contributed by atoms with Crippen LogP contribution in [0.1, 0.15) is 24.0 Å². The second-order valence-electron chi connectivity index (χ2n) is 6.26. The number of hydrogen-bond donors (Lipinski definition) is 1. The summed E-state index contributed by atoms with van der Waals surface area (Å²) in [5, 5.41) is 10.0. The van der Waals surface area contributed by atoms with Gasteiger partial charge < -0.3 is 19.5 Å². The average Bonchev–Trinajstić information content (AvgIpc) is 2.59. The Morgan fingerprint density at radius 3 is 2.54 bits per heavy atom. The molecule has 0 fully saturated rings. The van der Waals surface area contributed by atoms with Gasteiger partial charge in [-0.2, -0.15) is 0 Å². The van der Waals surface area contributed by atoms with Crippen molar-refractivity contribution in [3.05, 3.63) is 59.7 Å². The molecule has 0 amide bonds. The van der Waals surface area contributed by atoms with Gasteiger partial charge >= 0.3 is 0 Å². The van der Waals surface area contributed by atoms with Crippen molar-refractivity contribution in [3.8, 4) is 11.5 Å². The first-order valence-corrected chi connectivity index (χ1v) is 8.19. The molecule has 0 aromatic heterocycles. The molecule has 2 aromatic carbocycles. The summed E-state index contributed by atoms with van der Waals surface area (Å²) >= 11 is 0. The Labute approximate surface area is 144 Å². The van der Waals surface area contributed by atoms with E-state index in [-0.39, 0.29) is 12.5 Å². The number of aliphatic hydroxyl groups is 1. The Morgan fingerprint density at radius 2 is 1.83 bits per heavy atom. The number of methoxy groups -OCH3 is 1. The number of likely N-dealkylation sites (N-methyl/N-ethyl adjacent to an activating group) is 1. The molecule has 0 aliphatic heterocycles. The minimum atomic E-state index is -0.514. The third-order valence-electron chi connectivity index (χ3n) is 3.99. The molecular formula is C20H27NO3. The van der Waals surface area contributed by atoms with Crippen LogP contribution in [0, 0.1) is 0 Å². The van der Waals surface area contributed by atoms with E-state index in [1.807, 2.05) is 55.4 Å². The lowest BCUT2D eigenvalue weighted by Crippen LogP contribution is -2.30. The molecule has 0 aliphatic carbocycles. The van der Waals surface area contributed by atoms with Crippen molar-refractivity contribution < 1.29 is 14.6 Å². The second kappa shape index (κ2) is 8.71. The van der Waals surface area contributed by atoms with Gasteiger partial charge in [-0.25, -0.2) is 0 Å². The van der Waals surface area contributed by atoms with Crippen molar-refractivity contribution in [2.75, 3.05) is 34.4 Å². The van der Waals surface area contributed by atoms with Crippen LogP contribution in [-0.2, 0) is 0 Å². The Hall–Kier alpha value is -2.04. The molecule has 0 saturated carbocycles. The molecule has 24 heavy (non-hydrogen) atoms. The van der Waals surface area contributed by atoms with Crippen LogP contribution >= 0.6 is 0 Å². The second-order valence-corrected chi connectivity index (χ2v) is 6.26. The van der Waals surface area contributed by atoms with Gasteiger partial charge in [-0.3, -0.25) is 0 Å². The van der Waals surface area contributed by atoms with Crippen molar-refractivity contribution >= 4 is 0 Å². The number of benzene rings is 2. The van der Waals surface area contributed by atoms with Crippen LogP contribution in [0.25, 0.3) is 0 Å². The van der Waals surface area contributed by atoms with E-state index in [0.29, 0.717) is 6.54 Å². The lowest BCUT2D eigenvalue weighted by Gasteiger charge is -2.20. The SMILES string of the molecule is COc1cccc(C(C)c2ccccc2OCC(O)CN(C)C)c1. The largest absolute Gasteiger partial charge is 0.497 e. The Balaban J connectivity index is 2.15. The maximum atomic E-state index is 10.0. The predicted octanol–water partition coefficient (Wildman–Crippen LogP) is 3.15. The molecule has 0 saturated heterocycles. The maximum Gasteiger partial charge on any atom is 0.123 e. The van der Waals surface area contributed by atoms with Gasteiger partial charge in [-0.05, 0) is 37.9 Å². The van der Waals surface area contributed by atoms with E-state index in [9.17, 15) is 5.11 Å². The molecule has 1 N–H and O–H groups in total. The fraction of sp³-hybridized carbons (Fsp3) is 0.400. The van der Waals surface area contributed by atoms with Gasteiger partial charge in [-0.15, -0.1) is 0 Å². The minimum Gasteiger partial charge on any atom is -0.497 e. The zero-order chi connectivity index (χ0) is 17.5. The number of ether oxygens (including phenoxy) is 2. The Morgan fingerprint density at radius 1 is 1.08 bits per heavy atom. The van der Waals surface area contributed by atoms with Crippen LogP contribution in [0.2, 0.25) is 0 Å². The first-order valence-electron chi connectivity index (χ1n) is 8.19. The van der Waals surface area contributed by atoms with Crippen LogP contribution in [0.15, 0.2) is 48.5 Å². The molecule has 2 atom stereocenters. The molecule has 2 unspecified atom stereocenters. The highest BCUT2D eigenvalue weighted by atomic mass is 16.5. The maximum absolute atomic E-state index is 10.0. The van der Waals surface area contributed by atoms with Gasteiger partial charge in [0.15, 0.2) is 0 Å². The van der Waals surface area contributed by atoms with E-state index in [1.165, 1.54) is 5.56 Å². The topological polar surface area (TPSA) is 41.9 Å². The summed E-state index contributed by atoms with van der Waals surface area (Å²) in [6.07, 6.45) is -0.514. The van der Waals surface area contributed by atoms with E-state index < -0.39 is 6.10 Å². The molecule has 0 heterocycles. The molecule has 4 heteroatoms. The molecule has 0 bridgehead atoms. The lowest BCUT2D eigenvalue weighted by atomic mass is 9.92. The summed E-state index contributed by atoms with van der Waals surface area (Å²) in [6, 6.07) is 16.1. The van der Waals surface area contributed by atoms with E-state index in [1.54, 1.807) is 7.11 Å². The number of aliphatic hydroxyl groups excluding tert-OH is 1. The van der Waals surface area contributed by atoms with Crippen LogP contribution < -0.4 is 9.47 Å². The van der Waals surface area contributed by atoms with E-state index in [0.717, 1.165) is 17.1 Å². The summed E-state index contributed by atoms with van der Waals surface area (Å²) in [5.74, 6) is 1.83. The fourth-order valence-electron chi connectivity index (χ4n) is 2.72. The lowest BCUT2D eigenvalue weighted by molar-refractivity contribution is 0.0826. The minimum absolute atomic E-state index is 0.169. The molecule has 2 rings (SSSR count). The summed E-state index contributed by atoms with van der Waals surface area (Å²) in [7, 11) is 5.54. The van der Waals surface area contributed by atoms with Crippen molar-refractivity contribution in [3.63, 3.8) is 0 Å². The van der Waals surface area contributed by atoms with Gasteiger partial charge in [0.1, 0.15) is 24.2 Å². The predicted molar refractivity (Wildman–Crippen MR) is 97.0 cm³/mol. The van der Waals surface area contributed by atoms with Crippen LogP contribution in [0.4, 0.5) is 0 Å². The first kappa shape index (κ1) is 18.3. The fourth-order valence-corrected chi connectivity index (χ4v) is 2.72. The number of hydrogen-bond acceptors (Lipinski definition) is 4. The standard InChI is InChI=1S/C20H27NO3/c1-15(16-8-7-9-18(12-16)23-4)19-10-5-6-11-20(19)24-14-17(22)13-21(2)3/h5-12,15,17,22H,13-14H2,1-4H3. The Kier molecular flexibility index (Phi) is 6.64. The number of para-hydroxylation sites is 1. The number of rotatable bonds is 8. The molecule has 0 spiro atoms. The summed E-state index contributed by atoms with van der Waals surface area (Å²) < 4.78 is 11.2. The molecule has 0 radical (unpaired) electrons. The van der Waals surface area contributed by atoms with Gasteiger partial charge in [-0.1, -0.05) is 37.3 Å². The zero-order valence-corrected chi connectivity index (χ0v) is 14.9. The van der Waals surface area contributed by atoms with E-state index >= 15 is 0 Å². The monoisotopic (exact) mass is 329 g/mol. The number of nitrogens with zero attached hydrogens (tertiary/aromatic N) is 1. The highest BCUT2D eigenvalue weighted by Gasteiger charge is 2.15. The first-order chi connectivity index (χ1) is 11.5. The van der Waals surface area contributed by atoms with Gasteiger partial charge in [0.2, 0.25) is 0 Å². The highest BCUT2D eigenvalue weighted by Crippen LogP contribution is 2.32. The Bertz CT molecular complexity index is 642. The van der Waals surface area contributed by atoms with Gasteiger partial charge in [0.25, 0.3) is 0 Å². The third kappa shape index (κ3) is 4.98. The smallest absolute Gasteiger partial charge is 0.123 e. The normalized spacial score (nSPS) is 13.6. The van der Waals surface area contributed by atoms with Gasteiger partial charge in [0, 0.05) is 18.0 Å². The quantitative estimate of drug-likeness (QED) is 0.808. The van der Waals surface area contributed by atoms with Crippen LogP contribution in [0.3, 0.4) is 0 Å². The van der Waals surface area contributed by atoms with E-state index in [2.05, 4.69) is 19.1 Å². The van der Waals surface area contributed by atoms with Gasteiger partial charge in [0.05, 0.1) is 7.11 Å². The summed E-state index contributed by atoms with van der Waals surface area (Å²) in [5.41, 5.74) is 2.27. The molecular weight excluding hydrogens is 302 g/mol. The third-order valence-corrected chi connectivity index (χ3v) is 3.99. The van der Waals surface area contributed by atoms with Crippen LogP contribution in [0.5, 0.6) is 11.5 Å². The van der Waals surface area contributed by atoms with Crippen molar-refractivity contribution in [2.45, 2.75) is 18.9 Å². The summed E-state index contributed by atoms with van der Waals surface area (Å²) in [6.45, 7) is 3.00. The van der Waals surface area contributed by atoms with E-state index in [4.69, 9.17) is 9.47 Å². The molecule has 2 aromatic rings. The van der Waals surface area contributed by atoms with Crippen molar-refractivity contribution in [1.82, 2.24) is 4.90 Å². The van der Waals surface area contributed by atoms with Crippen molar-refractivity contribution in [2.24, 2.45) is 0 Å². The average molecular weight is 329 g/mol. The molecule has 130 valence electrons. The highest BCUT2D eigenvalue weighted by molar-refractivity contribution is 5.43. The molecule has 0 aliphatic rings. The zero-order valence-electron chi connectivity index (χ0n) is 14.9. The van der Waals surface area contributed by atoms with Crippen molar-refractivity contribution in [1.29, 1.82) is 0 Å².